The Morgan fingerprint density at radius 3 is 2.50 bits per heavy atom. The maximum Gasteiger partial charge on any atom is 0.288 e. The van der Waals surface area contributed by atoms with E-state index in [1.807, 2.05) is 18.2 Å². The van der Waals surface area contributed by atoms with Crippen molar-refractivity contribution in [3.05, 3.63) is 74.8 Å². The molecule has 7 heteroatoms. The molecule has 2 aromatic rings. The number of halogens is 1. The van der Waals surface area contributed by atoms with Gasteiger partial charge in [-0.25, -0.2) is 0 Å². The van der Waals surface area contributed by atoms with E-state index in [0.29, 0.717) is 0 Å². The van der Waals surface area contributed by atoms with Gasteiger partial charge in [-0.3, -0.25) is 19.8 Å². The van der Waals surface area contributed by atoms with Gasteiger partial charge in [0.25, 0.3) is 11.6 Å². The molecule has 0 aliphatic carbocycles. The minimum absolute atomic E-state index is 0.0462. The number of benzene rings is 2. The van der Waals surface area contributed by atoms with Gasteiger partial charge in [0.2, 0.25) is 0 Å². The van der Waals surface area contributed by atoms with E-state index in [-0.39, 0.29) is 28.2 Å². The molecule has 1 aliphatic rings. The molecule has 0 aromatic heterocycles. The summed E-state index contributed by atoms with van der Waals surface area (Å²) in [4.78, 5) is 25.2. The lowest BCUT2D eigenvalue weighted by atomic mass is 10.0. The number of nitrogens with one attached hydrogen (secondary N) is 1. The van der Waals surface area contributed by atoms with Crippen molar-refractivity contribution in [2.24, 2.45) is 0 Å². The maximum atomic E-state index is 12.4. The summed E-state index contributed by atoms with van der Waals surface area (Å²) in [7, 11) is 0. The predicted octanol–water partition coefficient (Wildman–Crippen LogP) is 3.64. The fourth-order valence-electron chi connectivity index (χ4n) is 3.18. The van der Waals surface area contributed by atoms with Gasteiger partial charge in [0.05, 0.1) is 10.5 Å². The van der Waals surface area contributed by atoms with Gasteiger partial charge in [0.1, 0.15) is 5.02 Å². The minimum Gasteiger partial charge on any atom is -0.349 e. The van der Waals surface area contributed by atoms with Crippen LogP contribution in [0.2, 0.25) is 5.02 Å². The summed E-state index contributed by atoms with van der Waals surface area (Å²) in [6.45, 7) is 2.68. The van der Waals surface area contributed by atoms with Crippen molar-refractivity contribution >= 4 is 23.2 Å². The first-order chi connectivity index (χ1) is 12.5. The predicted molar refractivity (Wildman–Crippen MR) is 100 cm³/mol. The standard InChI is InChI=1S/C19H20ClN3O3/c20-18-16(7-4-8-17(18)23(25)26)19(24)21-15-9-11-22(12-10-15)13-14-5-2-1-3-6-14/h1-8,15H,9-13H2,(H,21,24). The second kappa shape index (κ2) is 8.29. The van der Waals surface area contributed by atoms with E-state index in [4.69, 9.17) is 11.6 Å². The number of nitrogens with zero attached hydrogens (tertiary/aromatic N) is 2. The van der Waals surface area contributed by atoms with Crippen LogP contribution in [0.4, 0.5) is 5.69 Å². The first-order valence-corrected chi connectivity index (χ1v) is 8.92. The van der Waals surface area contributed by atoms with Crippen LogP contribution in [0.15, 0.2) is 48.5 Å². The first-order valence-electron chi connectivity index (χ1n) is 8.54. The van der Waals surface area contributed by atoms with Crippen molar-refractivity contribution in [3.8, 4) is 0 Å². The summed E-state index contributed by atoms with van der Waals surface area (Å²) in [5.41, 5.74) is 1.17. The zero-order valence-electron chi connectivity index (χ0n) is 14.2. The topological polar surface area (TPSA) is 75.5 Å². The van der Waals surface area contributed by atoms with E-state index < -0.39 is 4.92 Å². The van der Waals surface area contributed by atoms with Gasteiger partial charge in [0, 0.05) is 31.7 Å². The highest BCUT2D eigenvalue weighted by Crippen LogP contribution is 2.28. The Morgan fingerprint density at radius 1 is 1.15 bits per heavy atom. The molecule has 1 amide bonds. The van der Waals surface area contributed by atoms with Crippen molar-refractivity contribution in [1.82, 2.24) is 10.2 Å². The summed E-state index contributed by atoms with van der Waals surface area (Å²) in [6.07, 6.45) is 1.68. The average molecular weight is 374 g/mol. The second-order valence-corrected chi connectivity index (χ2v) is 6.78. The van der Waals surface area contributed by atoms with E-state index in [0.717, 1.165) is 32.5 Å². The third kappa shape index (κ3) is 4.39. The molecule has 3 rings (SSSR count). The summed E-state index contributed by atoms with van der Waals surface area (Å²) in [5.74, 6) is -0.361. The Morgan fingerprint density at radius 2 is 1.85 bits per heavy atom. The normalized spacial score (nSPS) is 15.6. The number of amides is 1. The van der Waals surface area contributed by atoms with Crippen LogP contribution < -0.4 is 5.32 Å². The van der Waals surface area contributed by atoms with Gasteiger partial charge in [-0.05, 0) is 24.5 Å². The van der Waals surface area contributed by atoms with E-state index in [2.05, 4.69) is 22.3 Å². The highest BCUT2D eigenvalue weighted by atomic mass is 35.5. The number of nitro benzene ring substituents is 1. The molecule has 0 spiro atoms. The third-order valence-corrected chi connectivity index (χ3v) is 4.99. The molecule has 0 unspecified atom stereocenters. The van der Waals surface area contributed by atoms with Gasteiger partial charge >= 0.3 is 0 Å². The number of nitro groups is 1. The maximum absolute atomic E-state index is 12.4. The minimum atomic E-state index is -0.582. The van der Waals surface area contributed by atoms with Gasteiger partial charge in [-0.15, -0.1) is 0 Å². The molecule has 1 heterocycles. The zero-order valence-corrected chi connectivity index (χ0v) is 15.0. The molecular weight excluding hydrogens is 354 g/mol. The van der Waals surface area contributed by atoms with E-state index in [9.17, 15) is 14.9 Å². The molecule has 1 N–H and O–H groups in total. The number of piperidine rings is 1. The quantitative estimate of drug-likeness (QED) is 0.641. The van der Waals surface area contributed by atoms with Gasteiger partial charge < -0.3 is 5.32 Å². The SMILES string of the molecule is O=C(NC1CCN(Cc2ccccc2)CC1)c1cccc([N+](=O)[O-])c1Cl. The fourth-order valence-corrected chi connectivity index (χ4v) is 3.46. The number of carbonyl (C=O) groups excluding carboxylic acids is 1. The molecule has 136 valence electrons. The lowest BCUT2D eigenvalue weighted by molar-refractivity contribution is -0.384. The van der Waals surface area contributed by atoms with E-state index >= 15 is 0 Å². The molecule has 1 saturated heterocycles. The van der Waals surface area contributed by atoms with Crippen LogP contribution in [0.1, 0.15) is 28.8 Å². The summed E-state index contributed by atoms with van der Waals surface area (Å²) < 4.78 is 0. The average Bonchev–Trinajstić information content (AvgIpc) is 2.64. The van der Waals surface area contributed by atoms with Gasteiger partial charge in [0.15, 0.2) is 0 Å². The Hall–Kier alpha value is -2.44. The van der Waals surface area contributed by atoms with Crippen LogP contribution in [0.25, 0.3) is 0 Å². The van der Waals surface area contributed by atoms with Crippen molar-refractivity contribution in [2.75, 3.05) is 13.1 Å². The summed E-state index contributed by atoms with van der Waals surface area (Å²) in [5, 5.41) is 13.8. The second-order valence-electron chi connectivity index (χ2n) is 6.41. The van der Waals surface area contributed by atoms with Crippen LogP contribution in [-0.2, 0) is 6.54 Å². The van der Waals surface area contributed by atoms with Gasteiger partial charge in [-0.2, -0.15) is 0 Å². The number of likely N-dealkylation sites (tertiary alicyclic amines) is 1. The molecule has 26 heavy (non-hydrogen) atoms. The smallest absolute Gasteiger partial charge is 0.288 e. The molecule has 0 bridgehead atoms. The molecule has 0 atom stereocenters. The largest absolute Gasteiger partial charge is 0.349 e. The van der Waals surface area contributed by atoms with E-state index in [1.165, 1.54) is 23.8 Å². The molecule has 2 aromatic carbocycles. The molecule has 1 fully saturated rings. The first kappa shape index (κ1) is 18.4. The van der Waals surface area contributed by atoms with Crippen molar-refractivity contribution in [3.63, 3.8) is 0 Å². The number of hydrogen-bond acceptors (Lipinski definition) is 4. The fraction of sp³-hybridized carbons (Fsp3) is 0.316. The molecule has 1 aliphatic heterocycles. The molecule has 6 nitrogen and oxygen atoms in total. The van der Waals surface area contributed by atoms with E-state index in [1.54, 1.807) is 0 Å². The lowest BCUT2D eigenvalue weighted by Crippen LogP contribution is -2.44. The number of hydrogen-bond donors (Lipinski definition) is 1. The Kier molecular flexibility index (Phi) is 5.85. The van der Waals surface area contributed by atoms with Crippen LogP contribution in [0, 0.1) is 10.1 Å². The Bertz CT molecular complexity index is 790. The molecular formula is C19H20ClN3O3. The number of rotatable bonds is 5. The Labute approximate surface area is 156 Å². The zero-order chi connectivity index (χ0) is 18.5. The van der Waals surface area contributed by atoms with Crippen LogP contribution in [-0.4, -0.2) is 34.9 Å². The van der Waals surface area contributed by atoms with Crippen LogP contribution in [0.5, 0.6) is 0 Å². The van der Waals surface area contributed by atoms with Crippen molar-refractivity contribution < 1.29 is 9.72 Å². The van der Waals surface area contributed by atoms with Crippen molar-refractivity contribution in [2.45, 2.75) is 25.4 Å². The third-order valence-electron chi connectivity index (χ3n) is 4.59. The highest BCUT2D eigenvalue weighted by Gasteiger charge is 2.24. The van der Waals surface area contributed by atoms with Gasteiger partial charge in [-0.1, -0.05) is 48.0 Å². The number of carbonyl (C=O) groups is 1. The lowest BCUT2D eigenvalue weighted by Gasteiger charge is -2.32. The van der Waals surface area contributed by atoms with Crippen molar-refractivity contribution in [1.29, 1.82) is 0 Å². The summed E-state index contributed by atoms with van der Waals surface area (Å²) in [6, 6.07) is 14.6. The molecule has 0 saturated carbocycles. The Balaban J connectivity index is 1.55. The van der Waals surface area contributed by atoms with Crippen LogP contribution >= 0.6 is 11.6 Å². The highest BCUT2D eigenvalue weighted by molar-refractivity contribution is 6.35. The summed E-state index contributed by atoms with van der Waals surface area (Å²) >= 11 is 6.02. The monoisotopic (exact) mass is 373 g/mol. The molecule has 0 radical (unpaired) electrons. The van der Waals surface area contributed by atoms with Crippen LogP contribution in [0.3, 0.4) is 0 Å².